The molecule has 0 spiro atoms. The van der Waals surface area contributed by atoms with Gasteiger partial charge in [0.05, 0.1) is 17.5 Å². The van der Waals surface area contributed by atoms with Crippen molar-refractivity contribution in [3.05, 3.63) is 59.7 Å². The lowest BCUT2D eigenvalue weighted by molar-refractivity contribution is 0.0451. The van der Waals surface area contributed by atoms with Crippen LogP contribution in [0.2, 0.25) is 0 Å². The van der Waals surface area contributed by atoms with Crippen molar-refractivity contribution in [1.29, 1.82) is 0 Å². The number of carbonyl (C=O) groups excluding carboxylic acids is 1. The number of hydrogen-bond acceptors (Lipinski definition) is 5. The van der Waals surface area contributed by atoms with Crippen molar-refractivity contribution in [2.75, 3.05) is 30.8 Å². The Balaban J connectivity index is 1.93. The van der Waals surface area contributed by atoms with E-state index < -0.39 is 16.0 Å². The normalized spacial score (nSPS) is 11.8. The van der Waals surface area contributed by atoms with E-state index in [1.807, 2.05) is 24.3 Å². The van der Waals surface area contributed by atoms with Gasteiger partial charge in [-0.2, -0.15) is 0 Å². The van der Waals surface area contributed by atoms with E-state index in [1.54, 1.807) is 18.2 Å². The molecule has 0 saturated carbocycles. The Morgan fingerprint density at radius 2 is 1.61 bits per heavy atom. The van der Waals surface area contributed by atoms with Crippen LogP contribution in [0, 0.1) is 0 Å². The fraction of sp³-hybridized carbons (Fsp3) is 0.381. The zero-order valence-electron chi connectivity index (χ0n) is 16.9. The minimum absolute atomic E-state index is 0.0524. The van der Waals surface area contributed by atoms with Gasteiger partial charge in [0.1, 0.15) is 19.0 Å². The number of benzene rings is 2. The Hall–Kier alpha value is -2.54. The molecule has 0 aliphatic heterocycles. The first-order valence-electron chi connectivity index (χ1n) is 8.93. The summed E-state index contributed by atoms with van der Waals surface area (Å²) < 4.78 is 35.4. The van der Waals surface area contributed by atoms with Crippen molar-refractivity contribution in [2.45, 2.75) is 26.2 Å². The van der Waals surface area contributed by atoms with Gasteiger partial charge in [-0.25, -0.2) is 13.2 Å². The summed E-state index contributed by atoms with van der Waals surface area (Å²) >= 11 is 0. The van der Waals surface area contributed by atoms with Crippen LogP contribution < -0.4 is 9.04 Å². The van der Waals surface area contributed by atoms with Crippen LogP contribution in [-0.2, 0) is 20.2 Å². The molecule has 0 atom stereocenters. The molecular weight excluding hydrogens is 378 g/mol. The first-order valence-corrected chi connectivity index (χ1v) is 10.8. The molecule has 0 saturated heterocycles. The molecule has 6 nitrogen and oxygen atoms in total. The maximum atomic E-state index is 12.4. The quantitative estimate of drug-likeness (QED) is 0.520. The number of carbonyl (C=O) groups is 1. The standard InChI is InChI=1S/C21H27NO5S/c1-21(2,3)16-10-12-17(13-11-16)26-14-15-27-20(23)18-8-6-7-9-19(18)22(4)28(5,24)25/h6-13H,14-15H2,1-5H3. The van der Waals surface area contributed by atoms with E-state index >= 15 is 0 Å². The number of nitrogens with zero attached hydrogens (tertiary/aromatic N) is 1. The van der Waals surface area contributed by atoms with Crippen LogP contribution >= 0.6 is 0 Å². The van der Waals surface area contributed by atoms with E-state index in [0.29, 0.717) is 5.75 Å². The van der Waals surface area contributed by atoms with Gasteiger partial charge in [-0.1, -0.05) is 45.0 Å². The molecule has 0 radical (unpaired) electrons. The smallest absolute Gasteiger partial charge is 0.340 e. The predicted octanol–water partition coefficient (Wildman–Crippen LogP) is 3.62. The number of rotatable bonds is 7. The second-order valence-electron chi connectivity index (χ2n) is 7.51. The van der Waals surface area contributed by atoms with Gasteiger partial charge in [-0.05, 0) is 35.2 Å². The van der Waals surface area contributed by atoms with E-state index in [-0.39, 0.29) is 29.9 Å². The number of hydrogen-bond donors (Lipinski definition) is 0. The van der Waals surface area contributed by atoms with E-state index in [9.17, 15) is 13.2 Å². The zero-order valence-corrected chi connectivity index (χ0v) is 17.7. The average molecular weight is 406 g/mol. The third-order valence-electron chi connectivity index (χ3n) is 4.27. The van der Waals surface area contributed by atoms with Crippen molar-refractivity contribution in [3.63, 3.8) is 0 Å². The molecule has 152 valence electrons. The van der Waals surface area contributed by atoms with Gasteiger partial charge in [-0.15, -0.1) is 0 Å². The maximum Gasteiger partial charge on any atom is 0.340 e. The highest BCUT2D eigenvalue weighted by molar-refractivity contribution is 7.92. The average Bonchev–Trinajstić information content (AvgIpc) is 2.63. The van der Waals surface area contributed by atoms with E-state index in [0.717, 1.165) is 10.6 Å². The van der Waals surface area contributed by atoms with Gasteiger partial charge in [0.15, 0.2) is 0 Å². The summed E-state index contributed by atoms with van der Waals surface area (Å²) in [6.07, 6.45) is 1.08. The van der Waals surface area contributed by atoms with E-state index in [2.05, 4.69) is 20.8 Å². The summed E-state index contributed by atoms with van der Waals surface area (Å²) in [5.74, 6) is 0.0963. The number of sulfonamides is 1. The predicted molar refractivity (Wildman–Crippen MR) is 111 cm³/mol. The maximum absolute atomic E-state index is 12.4. The molecule has 0 bridgehead atoms. The van der Waals surface area contributed by atoms with E-state index in [4.69, 9.17) is 9.47 Å². The van der Waals surface area contributed by atoms with Crippen LogP contribution in [0.3, 0.4) is 0 Å². The molecule has 0 unspecified atom stereocenters. The van der Waals surface area contributed by atoms with Crippen molar-refractivity contribution >= 4 is 21.7 Å². The summed E-state index contributed by atoms with van der Waals surface area (Å²) in [6, 6.07) is 14.2. The molecule has 28 heavy (non-hydrogen) atoms. The fourth-order valence-electron chi connectivity index (χ4n) is 2.52. The van der Waals surface area contributed by atoms with Crippen molar-refractivity contribution < 1.29 is 22.7 Å². The lowest BCUT2D eigenvalue weighted by atomic mass is 9.87. The van der Waals surface area contributed by atoms with Gasteiger partial charge in [0, 0.05) is 7.05 Å². The van der Waals surface area contributed by atoms with Gasteiger partial charge in [0.25, 0.3) is 0 Å². The molecule has 0 heterocycles. The Labute approximate surface area is 167 Å². The van der Waals surface area contributed by atoms with Crippen LogP contribution in [-0.4, -0.2) is 40.9 Å². The Kier molecular flexibility index (Phi) is 6.72. The number of anilines is 1. The topological polar surface area (TPSA) is 72.9 Å². The third-order valence-corrected chi connectivity index (χ3v) is 5.46. The van der Waals surface area contributed by atoms with Crippen LogP contribution in [0.15, 0.2) is 48.5 Å². The second-order valence-corrected chi connectivity index (χ2v) is 9.52. The highest BCUT2D eigenvalue weighted by Crippen LogP contribution is 2.24. The van der Waals surface area contributed by atoms with Crippen molar-refractivity contribution in [1.82, 2.24) is 0 Å². The largest absolute Gasteiger partial charge is 0.490 e. The second kappa shape index (κ2) is 8.65. The first kappa shape index (κ1) is 21.8. The minimum Gasteiger partial charge on any atom is -0.490 e. The Morgan fingerprint density at radius 1 is 1.00 bits per heavy atom. The molecule has 2 aromatic rings. The van der Waals surface area contributed by atoms with Gasteiger partial charge < -0.3 is 9.47 Å². The molecule has 0 amide bonds. The summed E-state index contributed by atoms with van der Waals surface area (Å²) in [6.45, 7) is 6.67. The zero-order chi connectivity index (χ0) is 20.9. The summed E-state index contributed by atoms with van der Waals surface area (Å²) in [7, 11) is -2.09. The first-order chi connectivity index (χ1) is 13.0. The molecule has 0 aliphatic carbocycles. The third kappa shape index (κ3) is 5.73. The van der Waals surface area contributed by atoms with Crippen LogP contribution in [0.1, 0.15) is 36.7 Å². The molecule has 0 fully saturated rings. The minimum atomic E-state index is -3.49. The molecule has 0 aromatic heterocycles. The fourth-order valence-corrected chi connectivity index (χ4v) is 3.04. The Bertz CT molecular complexity index is 915. The van der Waals surface area contributed by atoms with Crippen LogP contribution in [0.25, 0.3) is 0 Å². The van der Waals surface area contributed by atoms with Gasteiger partial charge in [-0.3, -0.25) is 4.31 Å². The summed E-state index contributed by atoms with van der Waals surface area (Å²) in [5.41, 5.74) is 1.73. The lowest BCUT2D eigenvalue weighted by Crippen LogP contribution is -2.27. The highest BCUT2D eigenvalue weighted by Gasteiger charge is 2.20. The molecule has 2 aromatic carbocycles. The van der Waals surface area contributed by atoms with Crippen molar-refractivity contribution in [2.24, 2.45) is 0 Å². The highest BCUT2D eigenvalue weighted by atomic mass is 32.2. The lowest BCUT2D eigenvalue weighted by Gasteiger charge is -2.19. The number of esters is 1. The molecule has 2 rings (SSSR count). The molecular formula is C21H27NO5S. The van der Waals surface area contributed by atoms with Gasteiger partial charge in [0.2, 0.25) is 10.0 Å². The Morgan fingerprint density at radius 3 is 2.18 bits per heavy atom. The van der Waals surface area contributed by atoms with Crippen LogP contribution in [0.5, 0.6) is 5.75 Å². The molecule has 0 aliphatic rings. The summed E-state index contributed by atoms with van der Waals surface area (Å²) in [5, 5.41) is 0. The molecule has 7 heteroatoms. The SMILES string of the molecule is CN(c1ccccc1C(=O)OCCOc1ccc(C(C)(C)C)cc1)S(C)(=O)=O. The number of para-hydroxylation sites is 1. The number of ether oxygens (including phenoxy) is 2. The van der Waals surface area contributed by atoms with Gasteiger partial charge >= 0.3 is 5.97 Å². The van der Waals surface area contributed by atoms with Crippen LogP contribution in [0.4, 0.5) is 5.69 Å². The van der Waals surface area contributed by atoms with E-state index in [1.165, 1.54) is 18.7 Å². The molecule has 0 N–H and O–H groups in total. The monoisotopic (exact) mass is 405 g/mol. The summed E-state index contributed by atoms with van der Waals surface area (Å²) in [4.78, 5) is 12.4. The van der Waals surface area contributed by atoms with Crippen molar-refractivity contribution in [3.8, 4) is 5.75 Å².